The molecule has 29 heavy (non-hydrogen) atoms. The summed E-state index contributed by atoms with van der Waals surface area (Å²) in [5.74, 6) is -0.0950. The first kappa shape index (κ1) is 19.9. The number of carbonyl (C=O) groups excluding carboxylic acids is 1. The van der Waals surface area contributed by atoms with E-state index in [1.807, 2.05) is 6.07 Å². The van der Waals surface area contributed by atoms with Crippen LogP contribution in [0.25, 0.3) is 11.2 Å². The Morgan fingerprint density at radius 3 is 2.83 bits per heavy atom. The second-order valence-corrected chi connectivity index (χ2v) is 7.71. The minimum absolute atomic E-state index is 0.141. The number of nitrogens with zero attached hydrogens (tertiary/aromatic N) is 4. The summed E-state index contributed by atoms with van der Waals surface area (Å²) in [5, 5.41) is 10.5. The standard InChI is InChI=1S/C19H18Cl2FN5O2/c20-12-2-1-11(14(21)8-12)7-13-9-26(19(29)27(13)5-6-28)10-17-23-15-3-4-16(22)24-18(15)25-17/h1-4,8,13,28H,5-7,9-10H2,(H,23,24,25). The smallest absolute Gasteiger partial charge is 0.320 e. The number of nitrogens with one attached hydrogen (secondary N) is 1. The predicted octanol–water partition coefficient (Wildman–Crippen LogP) is 3.25. The highest BCUT2D eigenvalue weighted by molar-refractivity contribution is 6.35. The van der Waals surface area contributed by atoms with Gasteiger partial charge < -0.3 is 19.9 Å². The molecule has 0 radical (unpaired) electrons. The SMILES string of the molecule is O=C1N(Cc2nc3nc(F)ccc3[nH]2)CC(Cc2ccc(Cl)cc2Cl)N1CCO. The highest BCUT2D eigenvalue weighted by Gasteiger charge is 2.37. The average Bonchev–Trinajstić information content (AvgIpc) is 3.19. The number of hydrogen-bond donors (Lipinski definition) is 2. The molecule has 3 aromatic rings. The van der Waals surface area contributed by atoms with Crippen LogP contribution in [-0.4, -0.2) is 61.6 Å². The van der Waals surface area contributed by atoms with Crippen LogP contribution in [0, 0.1) is 5.95 Å². The van der Waals surface area contributed by atoms with E-state index in [0.29, 0.717) is 34.4 Å². The maximum atomic E-state index is 13.3. The first-order valence-corrected chi connectivity index (χ1v) is 9.81. The molecule has 10 heteroatoms. The van der Waals surface area contributed by atoms with Crippen molar-refractivity contribution in [2.75, 3.05) is 19.7 Å². The third-order valence-electron chi connectivity index (χ3n) is 4.90. The minimum Gasteiger partial charge on any atom is -0.395 e. The lowest BCUT2D eigenvalue weighted by molar-refractivity contribution is 0.167. The van der Waals surface area contributed by atoms with Crippen molar-refractivity contribution < 1.29 is 14.3 Å². The molecule has 1 aliphatic rings. The van der Waals surface area contributed by atoms with Gasteiger partial charge in [0.1, 0.15) is 5.82 Å². The van der Waals surface area contributed by atoms with Crippen molar-refractivity contribution in [3.05, 3.63) is 57.7 Å². The lowest BCUT2D eigenvalue weighted by Gasteiger charge is -2.22. The summed E-state index contributed by atoms with van der Waals surface area (Å²) in [6.45, 7) is 0.747. The molecular weight excluding hydrogens is 420 g/mol. The summed E-state index contributed by atoms with van der Waals surface area (Å²) >= 11 is 12.3. The van der Waals surface area contributed by atoms with Crippen LogP contribution in [0.1, 0.15) is 11.4 Å². The van der Waals surface area contributed by atoms with Crippen molar-refractivity contribution in [3.8, 4) is 0 Å². The van der Waals surface area contributed by atoms with Crippen LogP contribution >= 0.6 is 23.2 Å². The molecule has 0 saturated carbocycles. The van der Waals surface area contributed by atoms with Crippen molar-refractivity contribution in [1.82, 2.24) is 24.8 Å². The number of aromatic nitrogens is 3. The van der Waals surface area contributed by atoms with E-state index >= 15 is 0 Å². The molecule has 0 aliphatic carbocycles. The summed E-state index contributed by atoms with van der Waals surface area (Å²) in [4.78, 5) is 27.2. The van der Waals surface area contributed by atoms with Crippen LogP contribution in [0.3, 0.4) is 0 Å². The topological polar surface area (TPSA) is 85.4 Å². The van der Waals surface area contributed by atoms with Crippen molar-refractivity contribution in [1.29, 1.82) is 0 Å². The van der Waals surface area contributed by atoms with Gasteiger partial charge in [0.05, 0.1) is 24.7 Å². The Balaban J connectivity index is 1.53. The molecule has 3 heterocycles. The molecule has 1 aromatic carbocycles. The Bertz CT molecular complexity index is 1060. The van der Waals surface area contributed by atoms with Crippen LogP contribution in [0.4, 0.5) is 9.18 Å². The zero-order valence-corrected chi connectivity index (χ0v) is 16.8. The maximum absolute atomic E-state index is 13.3. The van der Waals surface area contributed by atoms with Gasteiger partial charge in [-0.05, 0) is 36.2 Å². The maximum Gasteiger partial charge on any atom is 0.320 e. The zero-order valence-electron chi connectivity index (χ0n) is 15.3. The summed E-state index contributed by atoms with van der Waals surface area (Å²) in [6, 6.07) is 7.72. The first-order chi connectivity index (χ1) is 13.9. The van der Waals surface area contributed by atoms with E-state index in [1.54, 1.807) is 28.0 Å². The van der Waals surface area contributed by atoms with Gasteiger partial charge in [-0.2, -0.15) is 9.37 Å². The number of β-amino-alcohol motifs (C(OH)–C–C–N with tert-alkyl or cyclic N) is 1. The fourth-order valence-electron chi connectivity index (χ4n) is 3.58. The van der Waals surface area contributed by atoms with E-state index in [2.05, 4.69) is 15.0 Å². The largest absolute Gasteiger partial charge is 0.395 e. The second-order valence-electron chi connectivity index (χ2n) is 6.86. The van der Waals surface area contributed by atoms with E-state index < -0.39 is 5.95 Å². The Morgan fingerprint density at radius 2 is 2.07 bits per heavy atom. The van der Waals surface area contributed by atoms with Crippen LogP contribution in [-0.2, 0) is 13.0 Å². The van der Waals surface area contributed by atoms with E-state index in [1.165, 1.54) is 6.07 Å². The fraction of sp³-hybridized carbons (Fsp3) is 0.316. The van der Waals surface area contributed by atoms with E-state index in [0.717, 1.165) is 5.56 Å². The lowest BCUT2D eigenvalue weighted by Crippen LogP contribution is -2.38. The van der Waals surface area contributed by atoms with E-state index in [9.17, 15) is 14.3 Å². The number of halogens is 3. The number of imidazole rings is 1. The van der Waals surface area contributed by atoms with E-state index in [-0.39, 0.29) is 37.4 Å². The monoisotopic (exact) mass is 437 g/mol. The van der Waals surface area contributed by atoms with Gasteiger partial charge in [-0.1, -0.05) is 29.3 Å². The van der Waals surface area contributed by atoms with Crippen molar-refractivity contribution in [3.63, 3.8) is 0 Å². The van der Waals surface area contributed by atoms with Crippen LogP contribution in [0.5, 0.6) is 0 Å². The molecule has 0 spiro atoms. The molecule has 2 amide bonds. The highest BCUT2D eigenvalue weighted by atomic mass is 35.5. The molecule has 1 saturated heterocycles. The minimum atomic E-state index is -0.609. The predicted molar refractivity (Wildman–Crippen MR) is 107 cm³/mol. The second kappa shape index (κ2) is 8.14. The van der Waals surface area contributed by atoms with Gasteiger partial charge in [0.2, 0.25) is 5.95 Å². The van der Waals surface area contributed by atoms with Crippen molar-refractivity contribution in [2.45, 2.75) is 19.0 Å². The molecular formula is C19H18Cl2FN5O2. The van der Waals surface area contributed by atoms with Gasteiger partial charge in [0.25, 0.3) is 0 Å². The number of aliphatic hydroxyl groups excluding tert-OH is 1. The zero-order chi connectivity index (χ0) is 20.5. The van der Waals surface area contributed by atoms with Gasteiger partial charge in [0, 0.05) is 23.1 Å². The van der Waals surface area contributed by atoms with E-state index in [4.69, 9.17) is 23.2 Å². The summed E-state index contributed by atoms with van der Waals surface area (Å²) in [6.07, 6.45) is 0.533. The summed E-state index contributed by atoms with van der Waals surface area (Å²) in [5.41, 5.74) is 1.75. The molecule has 7 nitrogen and oxygen atoms in total. The van der Waals surface area contributed by atoms with Crippen LogP contribution < -0.4 is 0 Å². The normalized spacial score (nSPS) is 17.0. The van der Waals surface area contributed by atoms with Gasteiger partial charge in [-0.25, -0.2) is 9.78 Å². The highest BCUT2D eigenvalue weighted by Crippen LogP contribution is 2.26. The molecule has 2 aromatic heterocycles. The summed E-state index contributed by atoms with van der Waals surface area (Å²) < 4.78 is 13.3. The number of benzene rings is 1. The molecule has 1 atom stereocenters. The Hall–Kier alpha value is -2.42. The Labute approximate surface area is 176 Å². The number of rotatable bonds is 6. The molecule has 1 fully saturated rings. The number of amides is 2. The Morgan fingerprint density at radius 1 is 1.24 bits per heavy atom. The molecule has 152 valence electrons. The van der Waals surface area contributed by atoms with Gasteiger partial charge in [-0.3, -0.25) is 0 Å². The number of aromatic amines is 1. The number of H-pyrrole nitrogens is 1. The van der Waals surface area contributed by atoms with Crippen molar-refractivity contribution in [2.24, 2.45) is 0 Å². The van der Waals surface area contributed by atoms with Crippen molar-refractivity contribution >= 4 is 40.4 Å². The third-order valence-corrected chi connectivity index (χ3v) is 5.49. The molecule has 1 unspecified atom stereocenters. The van der Waals surface area contributed by atoms with Gasteiger partial charge >= 0.3 is 6.03 Å². The average molecular weight is 438 g/mol. The van der Waals surface area contributed by atoms with Crippen LogP contribution in [0.2, 0.25) is 10.0 Å². The number of pyridine rings is 1. The van der Waals surface area contributed by atoms with Gasteiger partial charge in [-0.15, -0.1) is 0 Å². The summed E-state index contributed by atoms with van der Waals surface area (Å²) in [7, 11) is 0. The quantitative estimate of drug-likeness (QED) is 0.579. The van der Waals surface area contributed by atoms with Crippen LogP contribution in [0.15, 0.2) is 30.3 Å². The Kier molecular flexibility index (Phi) is 5.58. The first-order valence-electron chi connectivity index (χ1n) is 9.06. The molecule has 4 rings (SSSR count). The van der Waals surface area contributed by atoms with Gasteiger partial charge in [0.15, 0.2) is 5.65 Å². The number of aliphatic hydroxyl groups is 1. The number of hydrogen-bond acceptors (Lipinski definition) is 4. The lowest BCUT2D eigenvalue weighted by atomic mass is 10.1. The fourth-order valence-corrected chi connectivity index (χ4v) is 4.06. The molecule has 2 N–H and O–H groups in total. The molecule has 1 aliphatic heterocycles. The third kappa shape index (κ3) is 4.14. The number of carbonyl (C=O) groups is 1. The number of fused-ring (bicyclic) bond motifs is 1. The molecule has 0 bridgehead atoms. The number of urea groups is 1.